The summed E-state index contributed by atoms with van der Waals surface area (Å²) in [6, 6.07) is 5.91. The van der Waals surface area contributed by atoms with Gasteiger partial charge in [0.1, 0.15) is 11.5 Å². The van der Waals surface area contributed by atoms with Crippen molar-refractivity contribution < 1.29 is 14.2 Å². The molecule has 0 amide bonds. The maximum absolute atomic E-state index is 5.89. The first kappa shape index (κ1) is 16.8. The summed E-state index contributed by atoms with van der Waals surface area (Å²) in [6.07, 6.45) is 1.59. The Morgan fingerprint density at radius 2 is 1.95 bits per heavy atom. The number of rotatable bonds is 8. The smallest absolute Gasteiger partial charge is 0.122 e. The molecule has 4 heteroatoms. The molecular formula is C16H27NO3. The van der Waals surface area contributed by atoms with Crippen molar-refractivity contribution in [1.82, 2.24) is 0 Å². The number of nitrogens with two attached hydrogens (primary N) is 1. The molecule has 1 aromatic carbocycles. The summed E-state index contributed by atoms with van der Waals surface area (Å²) in [5.74, 6) is 1.69. The monoisotopic (exact) mass is 281 g/mol. The van der Waals surface area contributed by atoms with Gasteiger partial charge in [-0.05, 0) is 51.0 Å². The predicted molar refractivity (Wildman–Crippen MR) is 81.5 cm³/mol. The zero-order valence-corrected chi connectivity index (χ0v) is 13.2. The number of benzene rings is 1. The van der Waals surface area contributed by atoms with Crippen LogP contribution < -0.4 is 15.2 Å². The fourth-order valence-corrected chi connectivity index (χ4v) is 1.84. The van der Waals surface area contributed by atoms with Crippen LogP contribution in [0.25, 0.3) is 0 Å². The lowest BCUT2D eigenvalue weighted by Gasteiger charge is -2.23. The Labute approximate surface area is 122 Å². The molecule has 1 aromatic rings. The van der Waals surface area contributed by atoms with E-state index >= 15 is 0 Å². The average Bonchev–Trinajstić information content (AvgIpc) is 2.39. The van der Waals surface area contributed by atoms with Crippen LogP contribution in [0.4, 0.5) is 0 Å². The van der Waals surface area contributed by atoms with Crippen molar-refractivity contribution in [3.63, 3.8) is 0 Å². The van der Waals surface area contributed by atoms with E-state index in [1.54, 1.807) is 14.2 Å². The second-order valence-electron chi connectivity index (χ2n) is 5.72. The Bertz CT molecular complexity index is 416. The van der Waals surface area contributed by atoms with Crippen LogP contribution in [0, 0.1) is 0 Å². The van der Waals surface area contributed by atoms with E-state index in [1.807, 2.05) is 39.0 Å². The summed E-state index contributed by atoms with van der Waals surface area (Å²) >= 11 is 0. The lowest BCUT2D eigenvalue weighted by molar-refractivity contribution is 0.00536. The van der Waals surface area contributed by atoms with E-state index < -0.39 is 0 Å². The van der Waals surface area contributed by atoms with Crippen molar-refractivity contribution in [1.29, 1.82) is 0 Å². The Balaban J connectivity index is 2.73. The van der Waals surface area contributed by atoms with Crippen LogP contribution >= 0.6 is 0 Å². The third-order valence-corrected chi connectivity index (χ3v) is 3.32. The third-order valence-electron chi connectivity index (χ3n) is 3.32. The van der Waals surface area contributed by atoms with E-state index in [-0.39, 0.29) is 11.6 Å². The van der Waals surface area contributed by atoms with Gasteiger partial charge in [0.05, 0.1) is 19.3 Å². The molecule has 0 spiro atoms. The lowest BCUT2D eigenvalue weighted by Crippen LogP contribution is -2.25. The zero-order chi connectivity index (χ0) is 15.2. The van der Waals surface area contributed by atoms with E-state index in [9.17, 15) is 0 Å². The Hall–Kier alpha value is -1.26. The van der Waals surface area contributed by atoms with Crippen molar-refractivity contribution in [2.45, 2.75) is 45.3 Å². The van der Waals surface area contributed by atoms with Gasteiger partial charge in [0, 0.05) is 19.6 Å². The van der Waals surface area contributed by atoms with Crippen molar-refractivity contribution in [2.24, 2.45) is 5.73 Å². The average molecular weight is 281 g/mol. The maximum atomic E-state index is 5.89. The topological polar surface area (TPSA) is 53.7 Å². The summed E-state index contributed by atoms with van der Waals surface area (Å²) in [5, 5.41) is 0. The number of hydrogen-bond acceptors (Lipinski definition) is 4. The Kier molecular flexibility index (Phi) is 6.30. The Morgan fingerprint density at radius 1 is 1.25 bits per heavy atom. The first-order valence-corrected chi connectivity index (χ1v) is 6.98. The van der Waals surface area contributed by atoms with Gasteiger partial charge in [0.25, 0.3) is 0 Å². The van der Waals surface area contributed by atoms with Crippen molar-refractivity contribution in [3.05, 3.63) is 23.8 Å². The van der Waals surface area contributed by atoms with Gasteiger partial charge in [0.15, 0.2) is 0 Å². The first-order valence-electron chi connectivity index (χ1n) is 6.98. The zero-order valence-electron chi connectivity index (χ0n) is 13.2. The van der Waals surface area contributed by atoms with Crippen molar-refractivity contribution in [3.8, 4) is 11.5 Å². The van der Waals surface area contributed by atoms with E-state index in [4.69, 9.17) is 19.9 Å². The quantitative estimate of drug-likeness (QED) is 0.796. The minimum absolute atomic E-state index is 0.0832. The van der Waals surface area contributed by atoms with E-state index in [2.05, 4.69) is 0 Å². The molecule has 0 saturated heterocycles. The highest BCUT2D eigenvalue weighted by Gasteiger charge is 2.16. The number of ether oxygens (including phenoxy) is 3. The highest BCUT2D eigenvalue weighted by atomic mass is 16.5. The molecule has 1 atom stereocenters. The fourth-order valence-electron chi connectivity index (χ4n) is 1.84. The summed E-state index contributed by atoms with van der Waals surface area (Å²) < 4.78 is 16.5. The maximum Gasteiger partial charge on any atom is 0.122 e. The molecule has 2 N–H and O–H groups in total. The molecule has 1 unspecified atom stereocenters. The molecule has 0 aliphatic heterocycles. The van der Waals surface area contributed by atoms with Crippen molar-refractivity contribution in [2.75, 3.05) is 20.8 Å². The van der Waals surface area contributed by atoms with Crippen LogP contribution in [0.1, 0.15) is 32.8 Å². The van der Waals surface area contributed by atoms with Gasteiger partial charge < -0.3 is 19.9 Å². The molecule has 20 heavy (non-hydrogen) atoms. The summed E-state index contributed by atoms with van der Waals surface area (Å²) in [7, 11) is 3.38. The van der Waals surface area contributed by atoms with Crippen LogP contribution in [0.15, 0.2) is 18.2 Å². The predicted octanol–water partition coefficient (Wildman–Crippen LogP) is 2.78. The van der Waals surface area contributed by atoms with Gasteiger partial charge >= 0.3 is 0 Å². The van der Waals surface area contributed by atoms with E-state index in [1.165, 1.54) is 0 Å². The van der Waals surface area contributed by atoms with Crippen LogP contribution in [-0.2, 0) is 11.2 Å². The minimum atomic E-state index is -0.173. The van der Waals surface area contributed by atoms with Crippen LogP contribution in [0.5, 0.6) is 11.5 Å². The highest BCUT2D eigenvalue weighted by Crippen LogP contribution is 2.26. The molecule has 0 radical (unpaired) electrons. The molecular weight excluding hydrogens is 254 g/mol. The SMILES string of the molecule is COc1ccc(OCCC(C)(C)OC)c(CC(C)N)c1. The number of hydrogen-bond donors (Lipinski definition) is 1. The molecule has 1 rings (SSSR count). The Morgan fingerprint density at radius 3 is 2.50 bits per heavy atom. The lowest BCUT2D eigenvalue weighted by atomic mass is 10.1. The molecule has 0 aliphatic rings. The van der Waals surface area contributed by atoms with Gasteiger partial charge in [-0.2, -0.15) is 0 Å². The van der Waals surface area contributed by atoms with Crippen molar-refractivity contribution >= 4 is 0 Å². The van der Waals surface area contributed by atoms with Gasteiger partial charge in [-0.1, -0.05) is 0 Å². The van der Waals surface area contributed by atoms with Crippen LogP contribution in [0.3, 0.4) is 0 Å². The van der Waals surface area contributed by atoms with E-state index in [0.717, 1.165) is 29.9 Å². The normalized spacial score (nSPS) is 13.1. The molecule has 0 aromatic heterocycles. The molecule has 0 aliphatic carbocycles. The van der Waals surface area contributed by atoms with E-state index in [0.29, 0.717) is 6.61 Å². The second kappa shape index (κ2) is 7.50. The summed E-state index contributed by atoms with van der Waals surface area (Å²) in [5.41, 5.74) is 6.79. The summed E-state index contributed by atoms with van der Waals surface area (Å²) in [6.45, 7) is 6.69. The number of methoxy groups -OCH3 is 2. The van der Waals surface area contributed by atoms with Gasteiger partial charge in [-0.25, -0.2) is 0 Å². The summed E-state index contributed by atoms with van der Waals surface area (Å²) in [4.78, 5) is 0. The van der Waals surface area contributed by atoms with Gasteiger partial charge in [-0.3, -0.25) is 0 Å². The highest BCUT2D eigenvalue weighted by molar-refractivity contribution is 5.40. The first-order chi connectivity index (χ1) is 9.38. The standard InChI is InChI=1S/C16H27NO3/c1-12(17)10-13-11-14(18-4)6-7-15(13)20-9-8-16(2,3)19-5/h6-7,11-12H,8-10,17H2,1-5H3. The largest absolute Gasteiger partial charge is 0.497 e. The molecule has 114 valence electrons. The molecule has 4 nitrogen and oxygen atoms in total. The fraction of sp³-hybridized carbons (Fsp3) is 0.625. The van der Waals surface area contributed by atoms with Gasteiger partial charge in [-0.15, -0.1) is 0 Å². The molecule has 0 saturated carbocycles. The third kappa shape index (κ3) is 5.39. The van der Waals surface area contributed by atoms with Gasteiger partial charge in [0.2, 0.25) is 0 Å². The molecule has 0 fully saturated rings. The molecule has 0 heterocycles. The molecule has 0 bridgehead atoms. The second-order valence-corrected chi connectivity index (χ2v) is 5.72. The van der Waals surface area contributed by atoms with Crippen LogP contribution in [0.2, 0.25) is 0 Å². The minimum Gasteiger partial charge on any atom is -0.497 e. The van der Waals surface area contributed by atoms with Crippen LogP contribution in [-0.4, -0.2) is 32.5 Å².